The molecule has 1 aliphatic rings. The molecule has 21 heavy (non-hydrogen) atoms. The molecule has 1 heterocycles. The van der Waals surface area contributed by atoms with Crippen molar-refractivity contribution >= 4 is 21.6 Å². The van der Waals surface area contributed by atoms with Gasteiger partial charge in [0.2, 0.25) is 0 Å². The molecule has 1 saturated heterocycles. The van der Waals surface area contributed by atoms with E-state index in [4.69, 9.17) is 0 Å². The van der Waals surface area contributed by atoms with Crippen LogP contribution < -0.4 is 10.2 Å². The van der Waals surface area contributed by atoms with Gasteiger partial charge in [-0.3, -0.25) is 0 Å². The van der Waals surface area contributed by atoms with E-state index in [1.54, 1.807) is 0 Å². The van der Waals surface area contributed by atoms with Crippen molar-refractivity contribution in [2.24, 2.45) is 0 Å². The Labute approximate surface area is 135 Å². The minimum absolute atomic E-state index is 0.513. The molecular formula is C18H21BrN2. The number of anilines is 1. The molecule has 110 valence electrons. The van der Waals surface area contributed by atoms with Crippen LogP contribution in [-0.2, 0) is 6.42 Å². The first-order chi connectivity index (χ1) is 10.3. The molecule has 1 unspecified atom stereocenters. The maximum atomic E-state index is 3.69. The van der Waals surface area contributed by atoms with E-state index in [1.165, 1.54) is 17.7 Å². The third-order valence-electron chi connectivity index (χ3n) is 4.00. The van der Waals surface area contributed by atoms with Gasteiger partial charge in [0.05, 0.1) is 0 Å². The molecule has 2 aromatic rings. The zero-order chi connectivity index (χ0) is 14.5. The SMILES string of the molecule is Brc1ccc(N2CCCNC(Cc3ccccc3)C2)cc1. The zero-order valence-corrected chi connectivity index (χ0v) is 13.7. The van der Waals surface area contributed by atoms with Crippen LogP contribution in [0.25, 0.3) is 0 Å². The predicted molar refractivity (Wildman–Crippen MR) is 92.9 cm³/mol. The van der Waals surface area contributed by atoms with Crippen molar-refractivity contribution in [2.75, 3.05) is 24.5 Å². The lowest BCUT2D eigenvalue weighted by atomic mass is 10.1. The second kappa shape index (κ2) is 7.10. The Morgan fingerprint density at radius 1 is 1.05 bits per heavy atom. The lowest BCUT2D eigenvalue weighted by Crippen LogP contribution is -2.39. The summed E-state index contributed by atoms with van der Waals surface area (Å²) in [6, 6.07) is 19.9. The van der Waals surface area contributed by atoms with Gasteiger partial charge in [-0.25, -0.2) is 0 Å². The van der Waals surface area contributed by atoms with E-state index in [0.717, 1.165) is 30.5 Å². The first-order valence-electron chi connectivity index (χ1n) is 7.59. The highest BCUT2D eigenvalue weighted by atomic mass is 79.9. The van der Waals surface area contributed by atoms with E-state index in [2.05, 4.69) is 80.7 Å². The smallest absolute Gasteiger partial charge is 0.0367 e. The Morgan fingerprint density at radius 2 is 1.81 bits per heavy atom. The second-order valence-corrected chi connectivity index (χ2v) is 6.53. The van der Waals surface area contributed by atoms with Gasteiger partial charge in [0.25, 0.3) is 0 Å². The average Bonchev–Trinajstić information content (AvgIpc) is 2.75. The quantitative estimate of drug-likeness (QED) is 0.909. The van der Waals surface area contributed by atoms with Crippen molar-refractivity contribution < 1.29 is 0 Å². The Bertz CT molecular complexity index is 553. The van der Waals surface area contributed by atoms with Crippen LogP contribution in [0, 0.1) is 0 Å². The van der Waals surface area contributed by atoms with E-state index in [0.29, 0.717) is 6.04 Å². The molecule has 0 radical (unpaired) electrons. The molecule has 0 amide bonds. The van der Waals surface area contributed by atoms with Crippen molar-refractivity contribution in [1.82, 2.24) is 5.32 Å². The molecule has 0 aliphatic carbocycles. The monoisotopic (exact) mass is 344 g/mol. The Kier molecular flexibility index (Phi) is 4.94. The molecule has 1 N–H and O–H groups in total. The van der Waals surface area contributed by atoms with Crippen LogP contribution in [0.5, 0.6) is 0 Å². The van der Waals surface area contributed by atoms with Crippen molar-refractivity contribution in [3.63, 3.8) is 0 Å². The summed E-state index contributed by atoms with van der Waals surface area (Å²) in [5.41, 5.74) is 2.73. The minimum Gasteiger partial charge on any atom is -0.370 e. The number of hydrogen-bond acceptors (Lipinski definition) is 2. The van der Waals surface area contributed by atoms with Crippen LogP contribution in [0.4, 0.5) is 5.69 Å². The molecule has 0 saturated carbocycles. The van der Waals surface area contributed by atoms with Gasteiger partial charge in [0.15, 0.2) is 0 Å². The van der Waals surface area contributed by atoms with Gasteiger partial charge in [-0.05, 0) is 49.2 Å². The van der Waals surface area contributed by atoms with E-state index >= 15 is 0 Å². The third-order valence-corrected chi connectivity index (χ3v) is 4.52. The van der Waals surface area contributed by atoms with Gasteiger partial charge in [0.1, 0.15) is 0 Å². The van der Waals surface area contributed by atoms with Crippen LogP contribution in [0.3, 0.4) is 0 Å². The van der Waals surface area contributed by atoms with Gasteiger partial charge in [0, 0.05) is 29.3 Å². The number of nitrogens with zero attached hydrogens (tertiary/aromatic N) is 1. The molecule has 0 spiro atoms. The largest absolute Gasteiger partial charge is 0.370 e. The van der Waals surface area contributed by atoms with Crippen LogP contribution in [0.15, 0.2) is 59.1 Å². The molecule has 1 fully saturated rings. The molecule has 3 rings (SSSR count). The molecule has 1 atom stereocenters. The van der Waals surface area contributed by atoms with E-state index in [9.17, 15) is 0 Å². The normalized spacial score (nSPS) is 19.3. The Hall–Kier alpha value is -1.32. The number of benzene rings is 2. The summed E-state index contributed by atoms with van der Waals surface area (Å²) >= 11 is 3.51. The second-order valence-electron chi connectivity index (χ2n) is 5.62. The summed E-state index contributed by atoms with van der Waals surface area (Å²) in [5.74, 6) is 0. The molecule has 1 aliphatic heterocycles. The number of halogens is 1. The molecule has 0 aromatic heterocycles. The topological polar surface area (TPSA) is 15.3 Å². The van der Waals surface area contributed by atoms with Gasteiger partial charge in [-0.2, -0.15) is 0 Å². The summed E-state index contributed by atoms with van der Waals surface area (Å²) < 4.78 is 1.14. The fourth-order valence-corrected chi connectivity index (χ4v) is 3.18. The van der Waals surface area contributed by atoms with Gasteiger partial charge >= 0.3 is 0 Å². The Balaban J connectivity index is 1.70. The molecule has 0 bridgehead atoms. The number of rotatable bonds is 3. The molecule has 2 nitrogen and oxygen atoms in total. The lowest BCUT2D eigenvalue weighted by molar-refractivity contribution is 0.540. The summed E-state index contributed by atoms with van der Waals surface area (Å²) in [4.78, 5) is 2.50. The standard InChI is InChI=1S/C18H21BrN2/c19-16-7-9-18(10-8-16)21-12-4-11-20-17(14-21)13-15-5-2-1-3-6-15/h1-3,5-10,17,20H,4,11-14H2. The van der Waals surface area contributed by atoms with Crippen molar-refractivity contribution in [3.8, 4) is 0 Å². The fourth-order valence-electron chi connectivity index (χ4n) is 2.92. The van der Waals surface area contributed by atoms with Crippen LogP contribution >= 0.6 is 15.9 Å². The van der Waals surface area contributed by atoms with Gasteiger partial charge in [-0.15, -0.1) is 0 Å². The molecule has 3 heteroatoms. The zero-order valence-electron chi connectivity index (χ0n) is 12.1. The summed E-state index contributed by atoms with van der Waals surface area (Å²) in [5, 5.41) is 3.69. The van der Waals surface area contributed by atoms with Gasteiger partial charge in [-0.1, -0.05) is 46.3 Å². The maximum Gasteiger partial charge on any atom is 0.0367 e. The molecular weight excluding hydrogens is 324 g/mol. The first kappa shape index (κ1) is 14.6. The minimum atomic E-state index is 0.513. The van der Waals surface area contributed by atoms with Crippen molar-refractivity contribution in [2.45, 2.75) is 18.9 Å². The highest BCUT2D eigenvalue weighted by Crippen LogP contribution is 2.20. The summed E-state index contributed by atoms with van der Waals surface area (Å²) in [6.45, 7) is 3.29. The van der Waals surface area contributed by atoms with E-state index < -0.39 is 0 Å². The average molecular weight is 345 g/mol. The van der Waals surface area contributed by atoms with Crippen molar-refractivity contribution in [1.29, 1.82) is 0 Å². The predicted octanol–water partition coefficient (Wildman–Crippen LogP) is 3.86. The maximum absolute atomic E-state index is 3.69. The summed E-state index contributed by atoms with van der Waals surface area (Å²) in [6.07, 6.45) is 2.29. The van der Waals surface area contributed by atoms with E-state index in [-0.39, 0.29) is 0 Å². The number of nitrogens with one attached hydrogen (secondary N) is 1. The first-order valence-corrected chi connectivity index (χ1v) is 8.38. The third kappa shape index (κ3) is 4.08. The Morgan fingerprint density at radius 3 is 2.57 bits per heavy atom. The van der Waals surface area contributed by atoms with Crippen LogP contribution in [0.2, 0.25) is 0 Å². The lowest BCUT2D eigenvalue weighted by Gasteiger charge is -2.26. The van der Waals surface area contributed by atoms with Crippen molar-refractivity contribution in [3.05, 3.63) is 64.6 Å². The highest BCUT2D eigenvalue weighted by molar-refractivity contribution is 9.10. The van der Waals surface area contributed by atoms with Crippen LogP contribution in [-0.4, -0.2) is 25.7 Å². The molecule has 2 aromatic carbocycles. The highest BCUT2D eigenvalue weighted by Gasteiger charge is 2.18. The van der Waals surface area contributed by atoms with Gasteiger partial charge < -0.3 is 10.2 Å². The number of hydrogen-bond donors (Lipinski definition) is 1. The van der Waals surface area contributed by atoms with E-state index in [1.807, 2.05) is 0 Å². The fraction of sp³-hybridized carbons (Fsp3) is 0.333. The summed E-state index contributed by atoms with van der Waals surface area (Å²) in [7, 11) is 0. The van der Waals surface area contributed by atoms with Crippen LogP contribution in [0.1, 0.15) is 12.0 Å².